The molecule has 2 aromatic carbocycles. The second-order valence-corrected chi connectivity index (χ2v) is 7.84. The number of carbonyl (C=O) groups is 2. The van der Waals surface area contributed by atoms with E-state index in [4.69, 9.17) is 16.3 Å². The highest BCUT2D eigenvalue weighted by Gasteiger charge is 2.57. The van der Waals surface area contributed by atoms with E-state index >= 15 is 0 Å². The predicted molar refractivity (Wildman–Crippen MR) is 104 cm³/mol. The molecule has 1 fully saturated rings. The summed E-state index contributed by atoms with van der Waals surface area (Å²) in [6.07, 6.45) is -0.0143. The highest BCUT2D eigenvalue weighted by molar-refractivity contribution is 9.10. The smallest absolute Gasteiger partial charge is 0.328 e. The van der Waals surface area contributed by atoms with Crippen LogP contribution in [0, 0.1) is 11.3 Å². The van der Waals surface area contributed by atoms with Crippen LogP contribution < -0.4 is 0 Å². The average molecular weight is 448 g/mol. The summed E-state index contributed by atoms with van der Waals surface area (Å²) in [7, 11) is 1.25. The molecular formula is C20H16BrClN2O3. The van der Waals surface area contributed by atoms with Crippen LogP contribution in [0.25, 0.3) is 0 Å². The van der Waals surface area contributed by atoms with Gasteiger partial charge in [-0.15, -0.1) is 0 Å². The van der Waals surface area contributed by atoms with Crippen molar-refractivity contribution in [2.75, 3.05) is 7.11 Å². The highest BCUT2D eigenvalue weighted by Crippen LogP contribution is 2.48. The van der Waals surface area contributed by atoms with Gasteiger partial charge in [-0.25, -0.2) is 4.79 Å². The molecule has 0 radical (unpaired) electrons. The maximum absolute atomic E-state index is 13.3. The van der Waals surface area contributed by atoms with E-state index in [0.717, 1.165) is 4.47 Å². The molecule has 0 bridgehead atoms. The zero-order valence-corrected chi connectivity index (χ0v) is 16.8. The molecule has 5 nitrogen and oxygen atoms in total. The lowest BCUT2D eigenvalue weighted by molar-refractivity contribution is -0.145. The molecule has 27 heavy (non-hydrogen) atoms. The Kier molecular flexibility index (Phi) is 5.54. The van der Waals surface area contributed by atoms with Crippen molar-refractivity contribution in [3.05, 3.63) is 70.2 Å². The third-order valence-electron chi connectivity index (χ3n) is 4.64. The third kappa shape index (κ3) is 3.58. The number of ether oxygens (including phenoxy) is 1. The molecular weight excluding hydrogens is 432 g/mol. The first-order valence-electron chi connectivity index (χ1n) is 8.22. The van der Waals surface area contributed by atoms with Crippen LogP contribution in [-0.2, 0) is 9.53 Å². The fourth-order valence-corrected chi connectivity index (χ4v) is 4.03. The summed E-state index contributed by atoms with van der Waals surface area (Å²) >= 11 is 9.97. The number of alkyl halides is 1. The van der Waals surface area contributed by atoms with Crippen LogP contribution in [0.4, 0.5) is 0 Å². The fraction of sp³-hybridized carbons (Fsp3) is 0.250. The number of nitrogens with zero attached hydrogens (tertiary/aromatic N) is 2. The number of nitriles is 1. The monoisotopic (exact) mass is 446 g/mol. The number of benzene rings is 2. The molecule has 7 heteroatoms. The Morgan fingerprint density at radius 3 is 2.41 bits per heavy atom. The molecule has 0 saturated carbocycles. The maximum atomic E-state index is 13.3. The van der Waals surface area contributed by atoms with E-state index in [9.17, 15) is 14.9 Å². The molecule has 138 valence electrons. The Morgan fingerprint density at radius 2 is 1.85 bits per heavy atom. The van der Waals surface area contributed by atoms with Crippen molar-refractivity contribution < 1.29 is 14.3 Å². The largest absolute Gasteiger partial charge is 0.467 e. The second-order valence-electron chi connectivity index (χ2n) is 6.25. The van der Waals surface area contributed by atoms with E-state index in [1.807, 2.05) is 6.07 Å². The Bertz CT molecular complexity index is 898. The molecule has 1 amide bonds. The lowest BCUT2D eigenvalue weighted by Gasteiger charge is -2.31. The summed E-state index contributed by atoms with van der Waals surface area (Å²) < 4.78 is 5.71. The molecule has 1 saturated heterocycles. The number of rotatable bonds is 3. The van der Waals surface area contributed by atoms with Crippen LogP contribution in [0.2, 0.25) is 0 Å². The predicted octanol–water partition coefficient (Wildman–Crippen LogP) is 4.08. The van der Waals surface area contributed by atoms with Crippen molar-refractivity contribution in [2.24, 2.45) is 0 Å². The normalized spacial score (nSPS) is 24.3. The number of likely N-dealkylation sites (tertiary alicyclic amines) is 1. The van der Waals surface area contributed by atoms with E-state index in [1.165, 1.54) is 12.0 Å². The van der Waals surface area contributed by atoms with Crippen molar-refractivity contribution in [1.82, 2.24) is 4.90 Å². The summed E-state index contributed by atoms with van der Waals surface area (Å²) in [5.41, 5.74) is 1.08. The number of carbonyl (C=O) groups excluding carboxylic acids is 2. The third-order valence-corrected chi connectivity index (χ3v) is 5.61. The van der Waals surface area contributed by atoms with Crippen LogP contribution >= 0.6 is 27.5 Å². The van der Waals surface area contributed by atoms with Crippen LogP contribution in [0.1, 0.15) is 28.4 Å². The van der Waals surface area contributed by atoms with Crippen molar-refractivity contribution in [2.45, 2.75) is 23.4 Å². The number of methoxy groups -OCH3 is 1. The Hall–Kier alpha value is -2.36. The first-order valence-corrected chi connectivity index (χ1v) is 9.39. The van der Waals surface area contributed by atoms with Crippen molar-refractivity contribution in [3.8, 4) is 6.07 Å². The van der Waals surface area contributed by atoms with Crippen LogP contribution in [-0.4, -0.2) is 34.8 Å². The summed E-state index contributed by atoms with van der Waals surface area (Å²) in [6, 6.07) is 16.2. The molecule has 0 aromatic heterocycles. The Balaban J connectivity index is 2.13. The van der Waals surface area contributed by atoms with Gasteiger partial charge < -0.3 is 9.64 Å². The number of esters is 1. The summed E-state index contributed by atoms with van der Waals surface area (Å²) in [6.45, 7) is 0. The summed E-state index contributed by atoms with van der Waals surface area (Å²) in [5.74, 6) is -0.983. The van der Waals surface area contributed by atoms with E-state index in [2.05, 4.69) is 22.0 Å². The van der Waals surface area contributed by atoms with Crippen LogP contribution in [0.5, 0.6) is 0 Å². The van der Waals surface area contributed by atoms with Gasteiger partial charge in [-0.3, -0.25) is 4.79 Å². The lowest BCUT2D eigenvalue weighted by atomic mass is 9.93. The standard InChI is InChI=1S/C20H16BrClN2O3/c1-27-19(26)16-11-20(22,12-23)17(13-5-3-2-4-6-13)24(16)18(25)14-7-9-15(21)10-8-14/h2-10,16-17H,11H2,1H3/t16-,17-,20-/m0/s1. The quantitative estimate of drug-likeness (QED) is 0.525. The second kappa shape index (κ2) is 7.71. The molecule has 1 aliphatic heterocycles. The fourth-order valence-electron chi connectivity index (χ4n) is 3.39. The number of amides is 1. The van der Waals surface area contributed by atoms with Gasteiger partial charge in [0.2, 0.25) is 0 Å². The van der Waals surface area contributed by atoms with E-state index in [-0.39, 0.29) is 12.3 Å². The Morgan fingerprint density at radius 1 is 1.22 bits per heavy atom. The van der Waals surface area contributed by atoms with Crippen LogP contribution in [0.3, 0.4) is 0 Å². The van der Waals surface area contributed by atoms with Gasteiger partial charge >= 0.3 is 5.97 Å². The lowest BCUT2D eigenvalue weighted by Crippen LogP contribution is -2.43. The first kappa shape index (κ1) is 19.4. The van der Waals surface area contributed by atoms with Crippen molar-refractivity contribution in [1.29, 1.82) is 5.26 Å². The molecule has 0 unspecified atom stereocenters. The van der Waals surface area contributed by atoms with Crippen LogP contribution in [0.15, 0.2) is 59.1 Å². The zero-order valence-electron chi connectivity index (χ0n) is 14.4. The van der Waals surface area contributed by atoms with Gasteiger partial charge in [0.25, 0.3) is 5.91 Å². The molecule has 3 atom stereocenters. The van der Waals surface area contributed by atoms with Gasteiger partial charge in [-0.1, -0.05) is 57.9 Å². The summed E-state index contributed by atoms with van der Waals surface area (Å²) in [5, 5.41) is 9.76. The molecule has 0 N–H and O–H groups in total. The van der Waals surface area contributed by atoms with Gasteiger partial charge in [0.15, 0.2) is 4.87 Å². The molecule has 3 rings (SSSR count). The minimum atomic E-state index is -1.44. The van der Waals surface area contributed by atoms with Gasteiger partial charge in [0, 0.05) is 16.5 Å². The SMILES string of the molecule is COC(=O)[C@@H]1C[C@](Cl)(C#N)[C@H](c2ccccc2)N1C(=O)c1ccc(Br)cc1. The van der Waals surface area contributed by atoms with Crippen molar-refractivity contribution in [3.63, 3.8) is 0 Å². The van der Waals surface area contributed by atoms with Gasteiger partial charge in [-0.2, -0.15) is 5.26 Å². The first-order chi connectivity index (χ1) is 12.9. The van der Waals surface area contributed by atoms with E-state index in [0.29, 0.717) is 11.1 Å². The number of hydrogen-bond donors (Lipinski definition) is 0. The minimum absolute atomic E-state index is 0.0143. The molecule has 1 aliphatic rings. The van der Waals surface area contributed by atoms with Gasteiger partial charge in [0.1, 0.15) is 6.04 Å². The zero-order chi connectivity index (χ0) is 19.6. The maximum Gasteiger partial charge on any atom is 0.328 e. The number of hydrogen-bond acceptors (Lipinski definition) is 4. The topological polar surface area (TPSA) is 70.4 Å². The van der Waals surface area contributed by atoms with Gasteiger partial charge in [0.05, 0.1) is 19.2 Å². The molecule has 2 aromatic rings. The molecule has 0 spiro atoms. The average Bonchev–Trinajstić information content (AvgIpc) is 3.02. The number of halogens is 2. The molecule has 0 aliphatic carbocycles. The van der Waals surface area contributed by atoms with Crippen molar-refractivity contribution >= 4 is 39.4 Å². The van der Waals surface area contributed by atoms with Gasteiger partial charge in [-0.05, 0) is 29.8 Å². The van der Waals surface area contributed by atoms with E-state index < -0.39 is 22.9 Å². The minimum Gasteiger partial charge on any atom is -0.467 e. The van der Waals surface area contributed by atoms with E-state index in [1.54, 1.807) is 48.5 Å². The summed E-state index contributed by atoms with van der Waals surface area (Å²) in [4.78, 5) is 25.7. The Labute approximate surface area is 170 Å². The molecule has 1 heterocycles. The highest BCUT2D eigenvalue weighted by atomic mass is 79.9.